The third kappa shape index (κ3) is 5.62. The fraction of sp³-hybridized carbons (Fsp3) is 0.278. The minimum absolute atomic E-state index is 0.0613. The van der Waals surface area contributed by atoms with Crippen molar-refractivity contribution >= 4 is 5.91 Å². The Kier molecular flexibility index (Phi) is 5.97. The van der Waals surface area contributed by atoms with E-state index < -0.39 is 5.82 Å². The number of aryl methyl sites for hydroxylation is 1. The maximum Gasteiger partial charge on any atom is 0.258 e. The van der Waals surface area contributed by atoms with E-state index in [0.29, 0.717) is 6.61 Å². The molecule has 4 nitrogen and oxygen atoms in total. The first-order valence-corrected chi connectivity index (χ1v) is 7.41. The predicted octanol–water partition coefficient (Wildman–Crippen LogP) is 3.10. The summed E-state index contributed by atoms with van der Waals surface area (Å²) in [4.78, 5) is 11.8. The SMILES string of the molecule is Cc1ccc(OCC(C)NC(=O)COc2ccccc2F)cc1. The first kappa shape index (κ1) is 16.8. The highest BCUT2D eigenvalue weighted by Gasteiger charge is 2.10. The van der Waals surface area contributed by atoms with Crippen molar-refractivity contribution in [3.63, 3.8) is 0 Å². The van der Waals surface area contributed by atoms with Gasteiger partial charge in [-0.1, -0.05) is 29.8 Å². The molecule has 0 aliphatic rings. The zero-order valence-corrected chi connectivity index (χ0v) is 13.2. The number of halogens is 1. The Bertz CT molecular complexity index is 643. The lowest BCUT2D eigenvalue weighted by molar-refractivity contribution is -0.123. The molecule has 1 N–H and O–H groups in total. The largest absolute Gasteiger partial charge is 0.491 e. The number of carbonyl (C=O) groups is 1. The van der Waals surface area contributed by atoms with Crippen molar-refractivity contribution in [3.05, 3.63) is 59.9 Å². The maximum absolute atomic E-state index is 13.4. The maximum atomic E-state index is 13.4. The fourth-order valence-electron chi connectivity index (χ4n) is 1.92. The van der Waals surface area contributed by atoms with Crippen LogP contribution in [0.25, 0.3) is 0 Å². The van der Waals surface area contributed by atoms with Crippen LogP contribution in [-0.2, 0) is 4.79 Å². The molecule has 2 aromatic carbocycles. The average Bonchev–Trinajstić information content (AvgIpc) is 2.53. The summed E-state index contributed by atoms with van der Waals surface area (Å²) in [5.41, 5.74) is 1.16. The molecule has 0 saturated heterocycles. The number of para-hydroxylation sites is 1. The molecule has 1 atom stereocenters. The van der Waals surface area contributed by atoms with Crippen LogP contribution in [0.2, 0.25) is 0 Å². The number of amides is 1. The minimum Gasteiger partial charge on any atom is -0.491 e. The Morgan fingerprint density at radius 3 is 2.52 bits per heavy atom. The molecule has 0 aliphatic carbocycles. The van der Waals surface area contributed by atoms with Crippen molar-refractivity contribution in [2.24, 2.45) is 0 Å². The van der Waals surface area contributed by atoms with Gasteiger partial charge >= 0.3 is 0 Å². The molecule has 0 fully saturated rings. The summed E-state index contributed by atoms with van der Waals surface area (Å²) in [6.45, 7) is 3.93. The number of rotatable bonds is 7. The Morgan fingerprint density at radius 1 is 1.13 bits per heavy atom. The Morgan fingerprint density at radius 2 is 1.83 bits per heavy atom. The van der Waals surface area contributed by atoms with Crippen LogP contribution in [0.15, 0.2) is 48.5 Å². The standard InChI is InChI=1S/C18H20FNO3/c1-13-7-9-15(10-8-13)22-11-14(2)20-18(21)12-23-17-6-4-3-5-16(17)19/h3-10,14H,11-12H2,1-2H3,(H,20,21). The Labute approximate surface area is 135 Å². The summed E-state index contributed by atoms with van der Waals surface area (Å²) in [5.74, 6) is -0.00479. The van der Waals surface area contributed by atoms with Gasteiger partial charge in [-0.25, -0.2) is 4.39 Å². The van der Waals surface area contributed by atoms with Crippen LogP contribution < -0.4 is 14.8 Å². The fourth-order valence-corrected chi connectivity index (χ4v) is 1.92. The van der Waals surface area contributed by atoms with E-state index in [2.05, 4.69) is 5.32 Å². The molecule has 1 amide bonds. The number of hydrogen-bond acceptors (Lipinski definition) is 3. The average molecular weight is 317 g/mol. The molecule has 0 radical (unpaired) electrons. The summed E-state index contributed by atoms with van der Waals surface area (Å²) < 4.78 is 24.1. The van der Waals surface area contributed by atoms with Crippen LogP contribution in [0.5, 0.6) is 11.5 Å². The van der Waals surface area contributed by atoms with Crippen LogP contribution in [-0.4, -0.2) is 25.2 Å². The van der Waals surface area contributed by atoms with E-state index in [4.69, 9.17) is 9.47 Å². The van der Waals surface area contributed by atoms with Crippen LogP contribution in [0, 0.1) is 12.7 Å². The van der Waals surface area contributed by atoms with Gasteiger partial charge in [0.2, 0.25) is 0 Å². The molecular formula is C18H20FNO3. The zero-order valence-electron chi connectivity index (χ0n) is 13.2. The second-order valence-electron chi connectivity index (χ2n) is 5.31. The second-order valence-corrected chi connectivity index (χ2v) is 5.31. The van der Waals surface area contributed by atoms with Crippen molar-refractivity contribution in [1.82, 2.24) is 5.32 Å². The van der Waals surface area contributed by atoms with Crippen molar-refractivity contribution in [2.45, 2.75) is 19.9 Å². The summed E-state index contributed by atoms with van der Waals surface area (Å²) in [6.07, 6.45) is 0. The molecule has 0 saturated carbocycles. The first-order chi connectivity index (χ1) is 11.0. The van der Waals surface area contributed by atoms with Gasteiger partial charge in [0.1, 0.15) is 12.4 Å². The molecule has 0 heterocycles. The van der Waals surface area contributed by atoms with Crippen LogP contribution in [0.3, 0.4) is 0 Å². The van der Waals surface area contributed by atoms with Gasteiger partial charge < -0.3 is 14.8 Å². The molecule has 0 spiro atoms. The lowest BCUT2D eigenvalue weighted by atomic mass is 10.2. The molecule has 5 heteroatoms. The molecule has 122 valence electrons. The van der Waals surface area contributed by atoms with Crippen molar-refractivity contribution in [3.8, 4) is 11.5 Å². The number of hydrogen-bond donors (Lipinski definition) is 1. The van der Waals surface area contributed by atoms with E-state index in [1.807, 2.05) is 38.1 Å². The topological polar surface area (TPSA) is 47.6 Å². The van der Waals surface area contributed by atoms with Crippen LogP contribution >= 0.6 is 0 Å². The third-order valence-corrected chi connectivity index (χ3v) is 3.12. The van der Waals surface area contributed by atoms with Gasteiger partial charge in [-0.05, 0) is 38.1 Å². The Balaban J connectivity index is 1.72. The quantitative estimate of drug-likeness (QED) is 0.853. The van der Waals surface area contributed by atoms with E-state index in [0.717, 1.165) is 11.3 Å². The molecular weight excluding hydrogens is 297 g/mol. The lowest BCUT2D eigenvalue weighted by Crippen LogP contribution is -2.39. The highest BCUT2D eigenvalue weighted by Crippen LogP contribution is 2.15. The number of ether oxygens (including phenoxy) is 2. The highest BCUT2D eigenvalue weighted by molar-refractivity contribution is 5.77. The van der Waals surface area contributed by atoms with Crippen molar-refractivity contribution in [1.29, 1.82) is 0 Å². The number of nitrogens with one attached hydrogen (secondary N) is 1. The molecule has 2 aromatic rings. The predicted molar refractivity (Wildman–Crippen MR) is 86.2 cm³/mol. The van der Waals surface area contributed by atoms with Gasteiger partial charge in [-0.3, -0.25) is 4.79 Å². The molecule has 1 unspecified atom stereocenters. The van der Waals surface area contributed by atoms with Gasteiger partial charge in [0.25, 0.3) is 5.91 Å². The van der Waals surface area contributed by atoms with E-state index in [9.17, 15) is 9.18 Å². The molecule has 2 rings (SSSR count). The zero-order chi connectivity index (χ0) is 16.7. The molecule has 0 bridgehead atoms. The van der Waals surface area contributed by atoms with Crippen LogP contribution in [0.1, 0.15) is 12.5 Å². The summed E-state index contributed by atoms with van der Waals surface area (Å²) in [7, 11) is 0. The summed E-state index contributed by atoms with van der Waals surface area (Å²) in [6, 6.07) is 13.5. The smallest absolute Gasteiger partial charge is 0.258 e. The van der Waals surface area contributed by atoms with E-state index >= 15 is 0 Å². The van der Waals surface area contributed by atoms with E-state index in [-0.39, 0.29) is 24.3 Å². The van der Waals surface area contributed by atoms with E-state index in [1.54, 1.807) is 12.1 Å². The van der Waals surface area contributed by atoms with Crippen LogP contribution in [0.4, 0.5) is 4.39 Å². The molecule has 0 aromatic heterocycles. The first-order valence-electron chi connectivity index (χ1n) is 7.41. The highest BCUT2D eigenvalue weighted by atomic mass is 19.1. The normalized spacial score (nSPS) is 11.6. The Hall–Kier alpha value is -2.56. The monoisotopic (exact) mass is 317 g/mol. The minimum atomic E-state index is -0.490. The summed E-state index contributed by atoms with van der Waals surface area (Å²) in [5, 5.41) is 2.74. The van der Waals surface area contributed by atoms with Gasteiger partial charge in [0.05, 0.1) is 6.04 Å². The van der Waals surface area contributed by atoms with Gasteiger partial charge in [-0.15, -0.1) is 0 Å². The second kappa shape index (κ2) is 8.17. The van der Waals surface area contributed by atoms with Crippen molar-refractivity contribution in [2.75, 3.05) is 13.2 Å². The summed E-state index contributed by atoms with van der Waals surface area (Å²) >= 11 is 0. The number of benzene rings is 2. The van der Waals surface area contributed by atoms with E-state index in [1.165, 1.54) is 12.1 Å². The third-order valence-electron chi connectivity index (χ3n) is 3.12. The van der Waals surface area contributed by atoms with Gasteiger partial charge in [-0.2, -0.15) is 0 Å². The molecule has 0 aliphatic heterocycles. The lowest BCUT2D eigenvalue weighted by Gasteiger charge is -2.15. The number of carbonyl (C=O) groups excluding carboxylic acids is 1. The van der Waals surface area contributed by atoms with Crippen molar-refractivity contribution < 1.29 is 18.7 Å². The van der Waals surface area contributed by atoms with Gasteiger partial charge in [0, 0.05) is 0 Å². The molecule has 23 heavy (non-hydrogen) atoms. The van der Waals surface area contributed by atoms with Gasteiger partial charge in [0.15, 0.2) is 18.2 Å².